The number of nitrogens with two attached hydrogens (primary N) is 1. The minimum Gasteiger partial charge on any atom is -0.388 e. The van der Waals surface area contributed by atoms with Crippen molar-refractivity contribution in [3.8, 4) is 0 Å². The lowest BCUT2D eigenvalue weighted by Gasteiger charge is -2.08. The first-order chi connectivity index (χ1) is 6.27. The maximum atomic E-state index is 5.89. The summed E-state index contributed by atoms with van der Waals surface area (Å²) in [4.78, 5) is 0. The molecule has 0 saturated heterocycles. The average Bonchev–Trinajstić information content (AvgIpc) is 2.15. The van der Waals surface area contributed by atoms with Crippen molar-refractivity contribution >= 4 is 17.3 Å². The summed E-state index contributed by atoms with van der Waals surface area (Å²) in [5, 5.41) is 3.92. The lowest BCUT2D eigenvalue weighted by molar-refractivity contribution is 0.833. The molecule has 0 aromatic heterocycles. The van der Waals surface area contributed by atoms with Crippen molar-refractivity contribution < 1.29 is 0 Å². The predicted molar refractivity (Wildman–Crippen MR) is 58.4 cm³/mol. The lowest BCUT2D eigenvalue weighted by atomic mass is 10.1. The minimum absolute atomic E-state index is 0.718. The van der Waals surface area contributed by atoms with Gasteiger partial charge < -0.3 is 11.1 Å². The molecule has 0 radical (unpaired) electrons. The first kappa shape index (κ1) is 10.4. The molecule has 0 amide bonds. The van der Waals surface area contributed by atoms with E-state index >= 15 is 0 Å². The molecule has 72 valence electrons. The molecule has 0 bridgehead atoms. The van der Waals surface area contributed by atoms with Crippen LogP contribution >= 0.6 is 11.6 Å². The number of halogens is 1. The molecule has 0 saturated carbocycles. The summed E-state index contributed by atoms with van der Waals surface area (Å²) in [5.41, 5.74) is 7.83. The first-order valence-corrected chi connectivity index (χ1v) is 4.82. The van der Waals surface area contributed by atoms with Crippen LogP contribution in [-0.2, 0) is 6.42 Å². The third kappa shape index (κ3) is 2.90. The molecular formula is C10H15ClN2. The minimum atomic E-state index is 0.718. The van der Waals surface area contributed by atoms with Crippen LogP contribution in [0.4, 0.5) is 5.69 Å². The van der Waals surface area contributed by atoms with Crippen LogP contribution in [0.3, 0.4) is 0 Å². The number of nitrogens with one attached hydrogen (secondary N) is 1. The topological polar surface area (TPSA) is 38.0 Å². The largest absolute Gasteiger partial charge is 0.388 e. The van der Waals surface area contributed by atoms with E-state index in [0.29, 0.717) is 0 Å². The van der Waals surface area contributed by atoms with Crippen LogP contribution in [0.5, 0.6) is 0 Å². The number of rotatable bonds is 4. The molecule has 13 heavy (non-hydrogen) atoms. The first-order valence-electron chi connectivity index (χ1n) is 4.44. The number of hydrogen-bond acceptors (Lipinski definition) is 2. The van der Waals surface area contributed by atoms with Gasteiger partial charge in [0, 0.05) is 17.8 Å². The molecule has 0 fully saturated rings. The highest BCUT2D eigenvalue weighted by atomic mass is 35.5. The van der Waals surface area contributed by atoms with Gasteiger partial charge in [-0.25, -0.2) is 0 Å². The molecule has 3 N–H and O–H groups in total. The number of anilines is 1. The smallest absolute Gasteiger partial charge is 0.0410 e. The van der Waals surface area contributed by atoms with E-state index in [2.05, 4.69) is 5.32 Å². The van der Waals surface area contributed by atoms with Gasteiger partial charge in [0.1, 0.15) is 0 Å². The third-order valence-electron chi connectivity index (χ3n) is 1.99. The van der Waals surface area contributed by atoms with E-state index in [9.17, 15) is 0 Å². The van der Waals surface area contributed by atoms with Gasteiger partial charge in [-0.1, -0.05) is 11.6 Å². The molecule has 0 spiro atoms. The van der Waals surface area contributed by atoms with Gasteiger partial charge in [0.05, 0.1) is 0 Å². The fourth-order valence-electron chi connectivity index (χ4n) is 1.31. The number of hydrogen-bond donors (Lipinski definition) is 2. The summed E-state index contributed by atoms with van der Waals surface area (Å²) in [6.07, 6.45) is 1.97. The number of benzene rings is 1. The Labute approximate surface area is 84.1 Å². The number of aryl methyl sites for hydroxylation is 1. The zero-order valence-corrected chi connectivity index (χ0v) is 8.56. The van der Waals surface area contributed by atoms with Crippen LogP contribution in [0.2, 0.25) is 5.02 Å². The molecule has 0 atom stereocenters. The zero-order chi connectivity index (χ0) is 9.68. The van der Waals surface area contributed by atoms with E-state index in [4.69, 9.17) is 17.3 Å². The molecule has 0 unspecified atom stereocenters. The van der Waals surface area contributed by atoms with E-state index in [-0.39, 0.29) is 0 Å². The summed E-state index contributed by atoms with van der Waals surface area (Å²) in [6, 6.07) is 5.87. The van der Waals surface area contributed by atoms with Crippen molar-refractivity contribution in [2.75, 3.05) is 18.9 Å². The average molecular weight is 199 g/mol. The monoisotopic (exact) mass is 198 g/mol. The molecule has 0 heterocycles. The summed E-state index contributed by atoms with van der Waals surface area (Å²) >= 11 is 5.89. The third-order valence-corrected chi connectivity index (χ3v) is 2.22. The molecule has 3 heteroatoms. The van der Waals surface area contributed by atoms with Gasteiger partial charge in [-0.2, -0.15) is 0 Å². The second-order valence-electron chi connectivity index (χ2n) is 2.94. The second kappa shape index (κ2) is 5.10. The summed E-state index contributed by atoms with van der Waals surface area (Å²) in [7, 11) is 1.91. The molecular weight excluding hydrogens is 184 g/mol. The molecule has 2 nitrogen and oxygen atoms in total. The van der Waals surface area contributed by atoms with Gasteiger partial charge in [0.25, 0.3) is 0 Å². The Hall–Kier alpha value is -0.730. The van der Waals surface area contributed by atoms with Crippen LogP contribution in [0, 0.1) is 0 Å². The van der Waals surface area contributed by atoms with Gasteiger partial charge in [-0.15, -0.1) is 0 Å². The van der Waals surface area contributed by atoms with Crippen LogP contribution in [-0.4, -0.2) is 13.6 Å². The van der Waals surface area contributed by atoms with Gasteiger partial charge in [-0.3, -0.25) is 0 Å². The molecule has 0 aliphatic rings. The molecule has 1 aromatic rings. The van der Waals surface area contributed by atoms with Crippen LogP contribution in [0.1, 0.15) is 12.0 Å². The quantitative estimate of drug-likeness (QED) is 0.779. The van der Waals surface area contributed by atoms with E-state index in [1.54, 1.807) is 0 Å². The Bertz CT molecular complexity index is 274. The lowest BCUT2D eigenvalue weighted by Crippen LogP contribution is -2.02. The van der Waals surface area contributed by atoms with E-state index in [0.717, 1.165) is 30.1 Å². The van der Waals surface area contributed by atoms with Gasteiger partial charge in [0.15, 0.2) is 0 Å². The Kier molecular flexibility index (Phi) is 4.06. The van der Waals surface area contributed by atoms with Crippen LogP contribution in [0.15, 0.2) is 18.2 Å². The Morgan fingerprint density at radius 2 is 2.23 bits per heavy atom. The predicted octanol–water partition coefficient (Wildman–Crippen LogP) is 2.27. The zero-order valence-electron chi connectivity index (χ0n) is 7.81. The second-order valence-corrected chi connectivity index (χ2v) is 3.38. The van der Waals surface area contributed by atoms with Crippen molar-refractivity contribution in [2.24, 2.45) is 5.73 Å². The van der Waals surface area contributed by atoms with Crippen molar-refractivity contribution in [2.45, 2.75) is 12.8 Å². The Morgan fingerprint density at radius 1 is 1.46 bits per heavy atom. The maximum Gasteiger partial charge on any atom is 0.0410 e. The summed E-state index contributed by atoms with van der Waals surface area (Å²) in [6.45, 7) is 0.718. The van der Waals surface area contributed by atoms with Crippen molar-refractivity contribution in [1.29, 1.82) is 0 Å². The van der Waals surface area contributed by atoms with Crippen molar-refractivity contribution in [3.05, 3.63) is 28.8 Å². The van der Waals surface area contributed by atoms with Crippen molar-refractivity contribution in [3.63, 3.8) is 0 Å². The highest BCUT2D eigenvalue weighted by Crippen LogP contribution is 2.21. The van der Waals surface area contributed by atoms with E-state index in [1.807, 2.05) is 25.2 Å². The van der Waals surface area contributed by atoms with Gasteiger partial charge in [0.2, 0.25) is 0 Å². The molecule has 0 aliphatic heterocycles. The molecule has 1 aromatic carbocycles. The van der Waals surface area contributed by atoms with Crippen molar-refractivity contribution in [1.82, 2.24) is 0 Å². The van der Waals surface area contributed by atoms with E-state index < -0.39 is 0 Å². The summed E-state index contributed by atoms with van der Waals surface area (Å²) < 4.78 is 0. The van der Waals surface area contributed by atoms with Gasteiger partial charge in [-0.05, 0) is 43.1 Å². The summed E-state index contributed by atoms with van der Waals surface area (Å²) in [5.74, 6) is 0. The molecule has 1 rings (SSSR count). The SMILES string of the molecule is CNc1ccc(Cl)cc1CCCN. The van der Waals surface area contributed by atoms with Crippen LogP contribution < -0.4 is 11.1 Å². The Morgan fingerprint density at radius 3 is 2.85 bits per heavy atom. The fourth-order valence-corrected chi connectivity index (χ4v) is 1.50. The van der Waals surface area contributed by atoms with Gasteiger partial charge >= 0.3 is 0 Å². The highest BCUT2D eigenvalue weighted by Gasteiger charge is 2.00. The Balaban J connectivity index is 2.81. The standard InChI is InChI=1S/C10H15ClN2/c1-13-10-5-4-9(11)7-8(10)3-2-6-12/h4-5,7,13H,2-3,6,12H2,1H3. The normalized spacial score (nSPS) is 10.1. The van der Waals surface area contributed by atoms with Crippen LogP contribution in [0.25, 0.3) is 0 Å². The highest BCUT2D eigenvalue weighted by molar-refractivity contribution is 6.30. The maximum absolute atomic E-state index is 5.89. The fraction of sp³-hybridized carbons (Fsp3) is 0.400. The molecule has 0 aliphatic carbocycles. The van der Waals surface area contributed by atoms with E-state index in [1.165, 1.54) is 5.56 Å².